The van der Waals surface area contributed by atoms with Crippen LogP contribution in [0, 0.1) is 32.9 Å². The Bertz CT molecular complexity index is 2920. The summed E-state index contributed by atoms with van der Waals surface area (Å²) in [5.41, 5.74) is 14.6. The number of furan rings is 1. The van der Waals surface area contributed by atoms with Crippen LogP contribution < -0.4 is 0 Å². The first kappa shape index (κ1) is 35.8. The van der Waals surface area contributed by atoms with Gasteiger partial charge in [0.15, 0.2) is 0 Å². The Morgan fingerprint density at radius 1 is 0.509 bits per heavy atom. The number of hydrogen-bond donors (Lipinski definition) is 0. The van der Waals surface area contributed by atoms with Crippen LogP contribution in [0.15, 0.2) is 162 Å². The minimum absolute atomic E-state index is 0. The molecule has 0 bridgehead atoms. The van der Waals surface area contributed by atoms with Crippen LogP contribution in [0.4, 0.5) is 0 Å². The second-order valence-corrected chi connectivity index (χ2v) is 13.6. The molecule has 0 saturated carbocycles. The SMILES string of the molecule is Cc1cc2nc(-c3c(C)cccc3C)ccc2cc1-c1ccnc(-c2[c-]ccc3c2oc2c4ccccc4ccc32)c1.[Ir].[c-]1ccccc1-c1ccccn1. The Morgan fingerprint density at radius 3 is 2.11 bits per heavy atom. The van der Waals surface area contributed by atoms with E-state index >= 15 is 0 Å². The number of aryl methyl sites for hydroxylation is 3. The maximum atomic E-state index is 6.56. The van der Waals surface area contributed by atoms with Crippen molar-refractivity contribution in [3.8, 4) is 44.9 Å². The molecule has 0 spiro atoms. The third kappa shape index (κ3) is 6.85. The Balaban J connectivity index is 0.000000280. The summed E-state index contributed by atoms with van der Waals surface area (Å²) in [6, 6.07) is 56.3. The number of aromatic nitrogens is 3. The van der Waals surface area contributed by atoms with E-state index in [1.165, 1.54) is 22.3 Å². The van der Waals surface area contributed by atoms with Gasteiger partial charge in [-0.15, -0.1) is 54.1 Å². The van der Waals surface area contributed by atoms with Crippen molar-refractivity contribution >= 4 is 43.6 Å². The summed E-state index contributed by atoms with van der Waals surface area (Å²) in [5, 5.41) is 5.57. The number of fused-ring (bicyclic) bond motifs is 6. The van der Waals surface area contributed by atoms with Gasteiger partial charge in [-0.3, -0.25) is 0 Å². The van der Waals surface area contributed by atoms with E-state index in [0.29, 0.717) is 0 Å². The largest absolute Gasteiger partial charge is 0.500 e. The molecule has 55 heavy (non-hydrogen) atoms. The molecule has 0 aliphatic heterocycles. The Labute approximate surface area is 333 Å². The average molecular weight is 886 g/mol. The summed E-state index contributed by atoms with van der Waals surface area (Å²) in [7, 11) is 0. The van der Waals surface area contributed by atoms with E-state index in [1.807, 2.05) is 54.7 Å². The number of rotatable bonds is 4. The van der Waals surface area contributed by atoms with E-state index in [-0.39, 0.29) is 20.1 Å². The van der Waals surface area contributed by atoms with Crippen LogP contribution in [0.3, 0.4) is 0 Å². The zero-order valence-electron chi connectivity index (χ0n) is 30.6. The molecule has 0 saturated heterocycles. The predicted molar refractivity (Wildman–Crippen MR) is 222 cm³/mol. The number of nitrogens with zero attached hydrogens (tertiary/aromatic N) is 3. The van der Waals surface area contributed by atoms with E-state index < -0.39 is 0 Å². The van der Waals surface area contributed by atoms with Crippen molar-refractivity contribution < 1.29 is 24.5 Å². The van der Waals surface area contributed by atoms with Crippen LogP contribution >= 0.6 is 0 Å². The fraction of sp³-hybridized carbons (Fsp3) is 0.0600. The van der Waals surface area contributed by atoms with Gasteiger partial charge in [0.25, 0.3) is 0 Å². The molecule has 10 aromatic rings. The molecule has 0 fully saturated rings. The van der Waals surface area contributed by atoms with E-state index in [2.05, 4.69) is 135 Å². The molecular weight excluding hydrogens is 851 g/mol. The van der Waals surface area contributed by atoms with E-state index in [4.69, 9.17) is 14.4 Å². The van der Waals surface area contributed by atoms with Gasteiger partial charge < -0.3 is 14.4 Å². The normalized spacial score (nSPS) is 11.0. The van der Waals surface area contributed by atoms with Crippen molar-refractivity contribution in [3.05, 3.63) is 187 Å². The van der Waals surface area contributed by atoms with E-state index in [0.717, 1.165) is 82.9 Å². The molecule has 6 aromatic carbocycles. The third-order valence-corrected chi connectivity index (χ3v) is 10.1. The zero-order chi connectivity index (χ0) is 36.6. The topological polar surface area (TPSA) is 51.8 Å². The molecule has 4 heterocycles. The first-order valence-electron chi connectivity index (χ1n) is 18.1. The second-order valence-electron chi connectivity index (χ2n) is 13.6. The molecular formula is C50H35IrN3O-2. The first-order valence-corrected chi connectivity index (χ1v) is 18.1. The molecule has 4 aromatic heterocycles. The molecule has 1 radical (unpaired) electrons. The summed E-state index contributed by atoms with van der Waals surface area (Å²) >= 11 is 0. The molecule has 0 aliphatic carbocycles. The molecule has 10 rings (SSSR count). The molecule has 0 atom stereocenters. The third-order valence-electron chi connectivity index (χ3n) is 10.1. The number of benzene rings is 6. The summed E-state index contributed by atoms with van der Waals surface area (Å²) in [5.74, 6) is 0. The van der Waals surface area contributed by atoms with Crippen LogP contribution in [0.5, 0.6) is 0 Å². The molecule has 5 heteroatoms. The van der Waals surface area contributed by atoms with Crippen molar-refractivity contribution in [2.45, 2.75) is 20.8 Å². The molecule has 0 unspecified atom stereocenters. The van der Waals surface area contributed by atoms with Crippen LogP contribution in [-0.2, 0) is 20.1 Å². The Morgan fingerprint density at radius 2 is 1.29 bits per heavy atom. The fourth-order valence-corrected chi connectivity index (χ4v) is 7.41. The van der Waals surface area contributed by atoms with Crippen molar-refractivity contribution in [1.29, 1.82) is 0 Å². The van der Waals surface area contributed by atoms with Gasteiger partial charge in [-0.1, -0.05) is 89.8 Å². The van der Waals surface area contributed by atoms with Gasteiger partial charge in [-0.05, 0) is 95.7 Å². The summed E-state index contributed by atoms with van der Waals surface area (Å²) in [4.78, 5) is 14.1. The van der Waals surface area contributed by atoms with Crippen LogP contribution in [-0.4, -0.2) is 15.0 Å². The zero-order valence-corrected chi connectivity index (χ0v) is 33.0. The smallest absolute Gasteiger partial charge is 0.128 e. The Hall–Kier alpha value is -6.26. The minimum Gasteiger partial charge on any atom is -0.500 e. The predicted octanol–water partition coefficient (Wildman–Crippen LogP) is 13.0. The summed E-state index contributed by atoms with van der Waals surface area (Å²) in [6.07, 6.45) is 3.66. The van der Waals surface area contributed by atoms with Crippen LogP contribution in [0.2, 0.25) is 0 Å². The van der Waals surface area contributed by atoms with Gasteiger partial charge in [0.05, 0.1) is 16.8 Å². The maximum absolute atomic E-state index is 6.56. The monoisotopic (exact) mass is 886 g/mol. The minimum atomic E-state index is 0. The maximum Gasteiger partial charge on any atom is 0.128 e. The second kappa shape index (κ2) is 15.2. The molecule has 4 nitrogen and oxygen atoms in total. The standard InChI is InChI=1S/C39H27N2O.C11H8N.Ir/c1-23-8-6-9-24(2)37(23)34-17-15-28-21-33(25(3)20-35(28)41-34)27-18-19-40-36(22-27)32-13-7-12-30-31-16-14-26-10-4-5-11-29(26)38(31)42-39(30)32;1-2-6-10(7-3-1)11-8-4-5-9-12-11;/h4-12,14-22H,1-3H3;1-6,8-9H;/q2*-1;. The van der Waals surface area contributed by atoms with E-state index in [1.54, 1.807) is 6.20 Å². The van der Waals surface area contributed by atoms with Gasteiger partial charge >= 0.3 is 0 Å². The summed E-state index contributed by atoms with van der Waals surface area (Å²) in [6.45, 7) is 6.45. The van der Waals surface area contributed by atoms with Gasteiger partial charge in [0, 0.05) is 54.2 Å². The summed E-state index contributed by atoms with van der Waals surface area (Å²) < 4.78 is 6.56. The van der Waals surface area contributed by atoms with Crippen molar-refractivity contribution in [1.82, 2.24) is 15.0 Å². The molecule has 0 aliphatic rings. The van der Waals surface area contributed by atoms with Gasteiger partial charge in [-0.25, -0.2) is 4.98 Å². The molecule has 267 valence electrons. The fourth-order valence-electron chi connectivity index (χ4n) is 7.41. The van der Waals surface area contributed by atoms with Gasteiger partial charge in [0.1, 0.15) is 5.58 Å². The quantitative estimate of drug-likeness (QED) is 0.165. The van der Waals surface area contributed by atoms with Crippen molar-refractivity contribution in [3.63, 3.8) is 0 Å². The molecule has 0 amide bonds. The van der Waals surface area contributed by atoms with Gasteiger partial charge in [-0.2, -0.15) is 0 Å². The van der Waals surface area contributed by atoms with Crippen LogP contribution in [0.25, 0.3) is 88.5 Å². The van der Waals surface area contributed by atoms with Crippen LogP contribution in [0.1, 0.15) is 16.7 Å². The number of pyridine rings is 3. The number of hydrogen-bond acceptors (Lipinski definition) is 4. The average Bonchev–Trinajstić information content (AvgIpc) is 3.61. The van der Waals surface area contributed by atoms with E-state index in [9.17, 15) is 0 Å². The van der Waals surface area contributed by atoms with Crippen molar-refractivity contribution in [2.75, 3.05) is 0 Å². The first-order chi connectivity index (χ1) is 26.5. The Kier molecular flexibility index (Phi) is 9.90. The van der Waals surface area contributed by atoms with Crippen molar-refractivity contribution in [2.24, 2.45) is 0 Å². The van der Waals surface area contributed by atoms with Gasteiger partial charge in [0.2, 0.25) is 0 Å². The molecule has 0 N–H and O–H groups in total.